The molecule has 1 aliphatic rings. The fourth-order valence-corrected chi connectivity index (χ4v) is 2.93. The quantitative estimate of drug-likeness (QED) is 0.860. The first-order valence-corrected chi connectivity index (χ1v) is 7.42. The highest BCUT2D eigenvalue weighted by Crippen LogP contribution is 2.23. The molecule has 1 fully saturated rings. The van der Waals surface area contributed by atoms with E-state index in [-0.39, 0.29) is 17.8 Å². The van der Waals surface area contributed by atoms with Crippen molar-refractivity contribution in [1.82, 2.24) is 15.1 Å². The zero-order valence-electron chi connectivity index (χ0n) is 12.8. The van der Waals surface area contributed by atoms with E-state index < -0.39 is 0 Å². The summed E-state index contributed by atoms with van der Waals surface area (Å²) in [6, 6.07) is 5.88. The summed E-state index contributed by atoms with van der Waals surface area (Å²) in [5.74, 6) is -0.375. The maximum atomic E-state index is 12.7. The third-order valence-corrected chi connectivity index (χ3v) is 4.24. The number of likely N-dealkylation sites (tertiary alicyclic amines) is 1. The van der Waals surface area contributed by atoms with Gasteiger partial charge in [0.2, 0.25) is 0 Å². The highest BCUT2D eigenvalue weighted by Gasteiger charge is 2.29. The first kappa shape index (κ1) is 14.6. The van der Waals surface area contributed by atoms with Gasteiger partial charge >= 0.3 is 5.97 Å². The topological polar surface area (TPSA) is 75.3 Å². The van der Waals surface area contributed by atoms with E-state index in [0.717, 1.165) is 16.5 Å². The lowest BCUT2D eigenvalue weighted by molar-refractivity contribution is -0.146. The van der Waals surface area contributed by atoms with Crippen molar-refractivity contribution in [2.45, 2.75) is 19.8 Å². The van der Waals surface area contributed by atoms with Crippen LogP contribution in [0.5, 0.6) is 0 Å². The number of carbonyl (C=O) groups excluding carboxylic acids is 2. The number of aromatic nitrogens is 2. The molecule has 0 spiro atoms. The third kappa shape index (κ3) is 2.56. The van der Waals surface area contributed by atoms with E-state index in [1.807, 2.05) is 25.1 Å². The number of ether oxygens (including phenoxy) is 1. The maximum absolute atomic E-state index is 12.7. The number of nitrogens with zero attached hydrogens (tertiary/aromatic N) is 2. The average molecular weight is 301 g/mol. The van der Waals surface area contributed by atoms with Crippen molar-refractivity contribution < 1.29 is 14.3 Å². The number of rotatable bonds is 2. The van der Waals surface area contributed by atoms with Crippen LogP contribution in [0.3, 0.4) is 0 Å². The summed E-state index contributed by atoms with van der Waals surface area (Å²) < 4.78 is 4.77. The normalized spacial score (nSPS) is 16.0. The van der Waals surface area contributed by atoms with Gasteiger partial charge in [0.15, 0.2) is 5.69 Å². The van der Waals surface area contributed by atoms with Crippen molar-refractivity contribution in [2.24, 2.45) is 5.92 Å². The molecule has 1 aliphatic heterocycles. The number of piperidine rings is 1. The number of aromatic amines is 1. The first-order chi connectivity index (χ1) is 10.6. The lowest BCUT2D eigenvalue weighted by atomic mass is 9.96. The summed E-state index contributed by atoms with van der Waals surface area (Å²) in [4.78, 5) is 26.0. The number of hydrogen-bond donors (Lipinski definition) is 1. The van der Waals surface area contributed by atoms with Gasteiger partial charge in [-0.25, -0.2) is 0 Å². The van der Waals surface area contributed by atoms with Crippen molar-refractivity contribution in [3.63, 3.8) is 0 Å². The largest absolute Gasteiger partial charge is 0.469 e. The van der Waals surface area contributed by atoms with Gasteiger partial charge in [-0.3, -0.25) is 14.7 Å². The molecule has 22 heavy (non-hydrogen) atoms. The minimum atomic E-state index is -0.187. The number of hydrogen-bond acceptors (Lipinski definition) is 4. The van der Waals surface area contributed by atoms with Crippen LogP contribution in [-0.2, 0) is 9.53 Å². The van der Waals surface area contributed by atoms with Crippen molar-refractivity contribution in [3.05, 3.63) is 29.5 Å². The Bertz CT molecular complexity index is 714. The molecular formula is C16H19N3O3. The number of carbonyl (C=O) groups is 2. The molecule has 0 saturated carbocycles. The number of methoxy groups -OCH3 is 1. The zero-order chi connectivity index (χ0) is 15.7. The minimum Gasteiger partial charge on any atom is -0.469 e. The second kappa shape index (κ2) is 5.79. The Kier molecular flexibility index (Phi) is 3.83. The molecule has 6 nitrogen and oxygen atoms in total. The molecule has 0 unspecified atom stereocenters. The van der Waals surface area contributed by atoms with Gasteiger partial charge in [0, 0.05) is 18.5 Å². The van der Waals surface area contributed by atoms with Gasteiger partial charge in [0.05, 0.1) is 18.5 Å². The molecule has 0 bridgehead atoms. The molecule has 0 radical (unpaired) electrons. The highest BCUT2D eigenvalue weighted by molar-refractivity contribution is 6.04. The monoisotopic (exact) mass is 301 g/mol. The Labute approximate surface area is 128 Å². The molecule has 1 aromatic heterocycles. The van der Waals surface area contributed by atoms with Crippen LogP contribution >= 0.6 is 0 Å². The lowest BCUT2D eigenvalue weighted by Gasteiger charge is -2.30. The Morgan fingerprint density at radius 1 is 1.32 bits per heavy atom. The Morgan fingerprint density at radius 2 is 2.05 bits per heavy atom. The molecule has 1 aromatic carbocycles. The standard InChI is InChI=1S/C16H19N3O3/c1-10-3-4-13-12(9-10)14(18-17-13)15(20)19-7-5-11(6-8-19)16(21)22-2/h3-4,9,11H,5-8H2,1-2H3,(H,17,18). The van der Waals surface area contributed by atoms with Gasteiger partial charge in [0.1, 0.15) is 0 Å². The summed E-state index contributed by atoms with van der Waals surface area (Å²) in [7, 11) is 1.40. The maximum Gasteiger partial charge on any atom is 0.308 e. The van der Waals surface area contributed by atoms with E-state index in [1.165, 1.54) is 7.11 Å². The number of benzene rings is 1. The molecule has 0 aliphatic carbocycles. The number of H-pyrrole nitrogens is 1. The van der Waals surface area contributed by atoms with Crippen LogP contribution in [0.4, 0.5) is 0 Å². The van der Waals surface area contributed by atoms with E-state index in [9.17, 15) is 9.59 Å². The Morgan fingerprint density at radius 3 is 2.73 bits per heavy atom. The van der Waals surface area contributed by atoms with Crippen molar-refractivity contribution >= 4 is 22.8 Å². The van der Waals surface area contributed by atoms with Gasteiger partial charge in [-0.2, -0.15) is 5.10 Å². The van der Waals surface area contributed by atoms with E-state index in [1.54, 1.807) is 4.90 Å². The first-order valence-electron chi connectivity index (χ1n) is 7.42. The fraction of sp³-hybridized carbons (Fsp3) is 0.438. The van der Waals surface area contributed by atoms with Gasteiger partial charge in [-0.15, -0.1) is 0 Å². The van der Waals surface area contributed by atoms with Gasteiger partial charge in [0.25, 0.3) is 5.91 Å². The summed E-state index contributed by atoms with van der Waals surface area (Å²) in [6.07, 6.45) is 1.28. The van der Waals surface area contributed by atoms with E-state index in [2.05, 4.69) is 10.2 Å². The molecule has 0 atom stereocenters. The van der Waals surface area contributed by atoms with Gasteiger partial charge in [-0.1, -0.05) is 11.6 Å². The van der Waals surface area contributed by atoms with Gasteiger partial charge < -0.3 is 9.64 Å². The molecule has 116 valence electrons. The van der Waals surface area contributed by atoms with Crippen LogP contribution < -0.4 is 0 Å². The molecule has 6 heteroatoms. The fourth-order valence-electron chi connectivity index (χ4n) is 2.93. The Balaban J connectivity index is 1.77. The molecule has 1 saturated heterocycles. The summed E-state index contributed by atoms with van der Waals surface area (Å²) in [5.41, 5.74) is 2.40. The number of esters is 1. The minimum absolute atomic E-state index is 0.0832. The predicted octanol–water partition coefficient (Wildman–Crippen LogP) is 1.90. The van der Waals surface area contributed by atoms with Crippen LogP contribution in [0.1, 0.15) is 28.9 Å². The molecule has 2 heterocycles. The smallest absolute Gasteiger partial charge is 0.308 e. The highest BCUT2D eigenvalue weighted by atomic mass is 16.5. The van der Waals surface area contributed by atoms with Crippen molar-refractivity contribution in [1.29, 1.82) is 0 Å². The van der Waals surface area contributed by atoms with Crippen LogP contribution in [0.15, 0.2) is 18.2 Å². The molecule has 2 aromatic rings. The molecular weight excluding hydrogens is 282 g/mol. The number of amides is 1. The Hall–Kier alpha value is -2.37. The van der Waals surface area contributed by atoms with E-state index >= 15 is 0 Å². The van der Waals surface area contributed by atoms with Gasteiger partial charge in [-0.05, 0) is 31.9 Å². The van der Waals surface area contributed by atoms with Crippen molar-refractivity contribution in [3.8, 4) is 0 Å². The lowest BCUT2D eigenvalue weighted by Crippen LogP contribution is -2.40. The molecule has 1 amide bonds. The molecule has 1 N–H and O–H groups in total. The average Bonchev–Trinajstić information content (AvgIpc) is 2.96. The summed E-state index contributed by atoms with van der Waals surface area (Å²) in [6.45, 7) is 3.10. The third-order valence-electron chi connectivity index (χ3n) is 4.24. The second-order valence-electron chi connectivity index (χ2n) is 5.71. The molecule has 3 rings (SSSR count). The van der Waals surface area contributed by atoms with Crippen LogP contribution in [0, 0.1) is 12.8 Å². The second-order valence-corrected chi connectivity index (χ2v) is 5.71. The number of fused-ring (bicyclic) bond motifs is 1. The van der Waals surface area contributed by atoms with Crippen LogP contribution in [0.2, 0.25) is 0 Å². The number of aryl methyl sites for hydroxylation is 1. The van der Waals surface area contributed by atoms with Crippen molar-refractivity contribution in [2.75, 3.05) is 20.2 Å². The zero-order valence-corrected chi connectivity index (χ0v) is 12.8. The van der Waals surface area contributed by atoms with E-state index in [0.29, 0.717) is 31.6 Å². The summed E-state index contributed by atoms with van der Waals surface area (Å²) >= 11 is 0. The van der Waals surface area contributed by atoms with E-state index in [4.69, 9.17) is 4.74 Å². The van der Waals surface area contributed by atoms with Crippen LogP contribution in [0.25, 0.3) is 10.9 Å². The predicted molar refractivity (Wildman–Crippen MR) is 81.5 cm³/mol. The van der Waals surface area contributed by atoms with Crippen LogP contribution in [-0.4, -0.2) is 47.2 Å². The SMILES string of the molecule is COC(=O)C1CCN(C(=O)c2n[nH]c3ccc(C)cc23)CC1. The summed E-state index contributed by atoms with van der Waals surface area (Å²) in [5, 5.41) is 7.92. The number of nitrogens with one attached hydrogen (secondary N) is 1.